The van der Waals surface area contributed by atoms with Gasteiger partial charge in [0.05, 0.1) is 18.3 Å². The first-order valence-electron chi connectivity index (χ1n) is 12.3. The van der Waals surface area contributed by atoms with E-state index in [1.807, 2.05) is 0 Å². The molecule has 5 heteroatoms. The topological polar surface area (TPSA) is 72.8 Å². The summed E-state index contributed by atoms with van der Waals surface area (Å²) in [6, 6.07) is 0. The third kappa shape index (κ3) is 12.2. The van der Waals surface area contributed by atoms with E-state index in [0.717, 1.165) is 38.2 Å². The van der Waals surface area contributed by atoms with E-state index in [4.69, 9.17) is 14.6 Å². The van der Waals surface area contributed by atoms with Crippen LogP contribution in [0.2, 0.25) is 0 Å². The normalized spacial score (nSPS) is 19.5. The zero-order valence-corrected chi connectivity index (χ0v) is 19.3. The maximum absolute atomic E-state index is 11.9. The Kier molecular flexibility index (Phi) is 15.2. The Bertz CT molecular complexity index is 488. The highest BCUT2D eigenvalue weighted by Crippen LogP contribution is 2.32. The molecule has 0 aromatic rings. The summed E-state index contributed by atoms with van der Waals surface area (Å²) in [7, 11) is 0. The highest BCUT2D eigenvalue weighted by atomic mass is 16.6. The van der Waals surface area contributed by atoms with E-state index in [1.54, 1.807) is 0 Å². The fraction of sp³-hybridized carbons (Fsp3) is 0.840. The number of cyclic esters (lactones) is 1. The van der Waals surface area contributed by atoms with Crippen LogP contribution in [0.5, 0.6) is 0 Å². The zero-order chi connectivity index (χ0) is 22.0. The van der Waals surface area contributed by atoms with Gasteiger partial charge in [0.2, 0.25) is 0 Å². The molecular formula is C25H44O5. The van der Waals surface area contributed by atoms with E-state index in [2.05, 4.69) is 13.8 Å². The van der Waals surface area contributed by atoms with Crippen molar-refractivity contribution >= 4 is 11.9 Å². The molecule has 0 aromatic carbocycles. The molecule has 0 saturated carbocycles. The molecule has 0 aliphatic carbocycles. The van der Waals surface area contributed by atoms with E-state index in [9.17, 15) is 9.59 Å². The number of hydrogen-bond donors (Lipinski definition) is 1. The Balaban J connectivity index is 2.32. The Hall–Kier alpha value is -1.52. The van der Waals surface area contributed by atoms with Crippen molar-refractivity contribution in [1.29, 1.82) is 0 Å². The molecular weight excluding hydrogens is 380 g/mol. The number of rotatable bonds is 20. The molecule has 0 amide bonds. The van der Waals surface area contributed by atoms with E-state index in [1.165, 1.54) is 70.5 Å². The first kappa shape index (κ1) is 26.5. The van der Waals surface area contributed by atoms with Crippen molar-refractivity contribution in [3.05, 3.63) is 12.3 Å². The summed E-state index contributed by atoms with van der Waals surface area (Å²) in [6.45, 7) is 4.42. The van der Waals surface area contributed by atoms with Gasteiger partial charge >= 0.3 is 11.9 Å². The molecule has 0 spiro atoms. The van der Waals surface area contributed by atoms with Crippen molar-refractivity contribution in [2.75, 3.05) is 0 Å². The molecule has 0 unspecified atom stereocenters. The second kappa shape index (κ2) is 17.2. The first-order chi connectivity index (χ1) is 14.6. The van der Waals surface area contributed by atoms with Crippen LogP contribution >= 0.6 is 0 Å². The smallest absolute Gasteiger partial charge is 0.331 e. The van der Waals surface area contributed by atoms with Gasteiger partial charge in [-0.2, -0.15) is 0 Å². The van der Waals surface area contributed by atoms with E-state index in [0.29, 0.717) is 6.42 Å². The van der Waals surface area contributed by atoms with Gasteiger partial charge in [-0.05, 0) is 19.3 Å². The summed E-state index contributed by atoms with van der Waals surface area (Å²) in [5, 5.41) is 8.80. The molecule has 1 aliphatic rings. The van der Waals surface area contributed by atoms with E-state index >= 15 is 0 Å². The number of unbranched alkanes of at least 4 members (excludes halogenated alkanes) is 11. The van der Waals surface area contributed by atoms with Crippen molar-refractivity contribution in [1.82, 2.24) is 0 Å². The molecule has 1 rings (SSSR count). The van der Waals surface area contributed by atoms with Gasteiger partial charge in [-0.3, -0.25) is 4.79 Å². The van der Waals surface area contributed by atoms with Crippen LogP contribution in [0.3, 0.4) is 0 Å². The summed E-state index contributed by atoms with van der Waals surface area (Å²) in [4.78, 5) is 22.6. The molecule has 3 atom stereocenters. The maximum atomic E-state index is 11.9. The van der Waals surface area contributed by atoms with Gasteiger partial charge in [0, 0.05) is 6.42 Å². The van der Waals surface area contributed by atoms with Crippen molar-refractivity contribution in [3.63, 3.8) is 0 Å². The second-order valence-corrected chi connectivity index (χ2v) is 8.68. The molecule has 30 heavy (non-hydrogen) atoms. The number of carboxylic acids is 1. The maximum Gasteiger partial charge on any atom is 0.331 e. The first-order valence-corrected chi connectivity index (χ1v) is 12.3. The van der Waals surface area contributed by atoms with Crippen LogP contribution in [-0.2, 0) is 19.1 Å². The van der Waals surface area contributed by atoms with Crippen LogP contribution < -0.4 is 0 Å². The van der Waals surface area contributed by atoms with Crippen LogP contribution in [0.1, 0.15) is 117 Å². The quantitative estimate of drug-likeness (QED) is 0.101. The van der Waals surface area contributed by atoms with Gasteiger partial charge < -0.3 is 14.6 Å². The summed E-state index contributed by atoms with van der Waals surface area (Å²) >= 11 is 0. The van der Waals surface area contributed by atoms with Gasteiger partial charge in [-0.15, -0.1) is 0 Å². The van der Waals surface area contributed by atoms with Crippen molar-refractivity contribution in [2.24, 2.45) is 5.92 Å². The SMILES string of the molecule is CCCCCCCCCCC[C@@H](C[C@@H]1OC(=O)[C@H]1CCCCCC)OC=CC(=O)O. The second-order valence-electron chi connectivity index (χ2n) is 8.68. The van der Waals surface area contributed by atoms with Crippen LogP contribution in [0.15, 0.2) is 12.3 Å². The van der Waals surface area contributed by atoms with Crippen LogP contribution in [0.4, 0.5) is 0 Å². The van der Waals surface area contributed by atoms with Crippen molar-refractivity contribution in [3.8, 4) is 0 Å². The third-order valence-corrected chi connectivity index (χ3v) is 5.99. The number of carbonyl (C=O) groups excluding carboxylic acids is 1. The molecule has 1 fully saturated rings. The minimum absolute atomic E-state index is 0.0143. The van der Waals surface area contributed by atoms with Crippen LogP contribution in [-0.4, -0.2) is 29.3 Å². The highest BCUT2D eigenvalue weighted by molar-refractivity contribution is 5.79. The number of esters is 1. The minimum Gasteiger partial charge on any atom is -0.498 e. The predicted octanol–water partition coefficient (Wildman–Crippen LogP) is 6.79. The van der Waals surface area contributed by atoms with Crippen LogP contribution in [0, 0.1) is 5.92 Å². The number of ether oxygens (including phenoxy) is 2. The molecule has 0 aromatic heterocycles. The van der Waals surface area contributed by atoms with Gasteiger partial charge in [-0.25, -0.2) is 4.79 Å². The molecule has 5 nitrogen and oxygen atoms in total. The summed E-state index contributed by atoms with van der Waals surface area (Å²) in [5.41, 5.74) is 0. The fourth-order valence-electron chi connectivity index (χ4n) is 4.10. The fourth-order valence-corrected chi connectivity index (χ4v) is 4.10. The molecule has 1 aliphatic heterocycles. The Labute approximate surface area is 183 Å². The number of carbonyl (C=O) groups is 2. The summed E-state index contributed by atoms with van der Waals surface area (Å²) in [6.07, 6.45) is 20.5. The Morgan fingerprint density at radius 3 is 2.10 bits per heavy atom. The largest absolute Gasteiger partial charge is 0.498 e. The lowest BCUT2D eigenvalue weighted by Gasteiger charge is -2.37. The summed E-state index contributed by atoms with van der Waals surface area (Å²) in [5.74, 6) is -1.11. The van der Waals surface area contributed by atoms with Gasteiger partial charge in [0.25, 0.3) is 0 Å². The monoisotopic (exact) mass is 424 g/mol. The lowest BCUT2D eigenvalue weighted by Crippen LogP contribution is -2.46. The van der Waals surface area contributed by atoms with Crippen molar-refractivity contribution < 1.29 is 24.2 Å². The molecule has 174 valence electrons. The molecule has 1 heterocycles. The number of carboxylic acid groups (broad SMARTS) is 1. The third-order valence-electron chi connectivity index (χ3n) is 5.99. The van der Waals surface area contributed by atoms with Crippen LogP contribution in [0.25, 0.3) is 0 Å². The average molecular weight is 425 g/mol. The summed E-state index contributed by atoms with van der Waals surface area (Å²) < 4.78 is 11.1. The van der Waals surface area contributed by atoms with Gasteiger partial charge in [0.1, 0.15) is 12.2 Å². The number of aliphatic carboxylic acids is 1. The standard InChI is InChI=1S/C25H44O5/c1-3-5-7-9-10-11-12-13-14-16-21(29-19-18-24(26)27)20-23-22(25(28)30-23)17-15-8-6-4-2/h18-19,21-23H,3-17,20H2,1-2H3,(H,26,27)/t21-,22-,23-/m0/s1. The molecule has 1 saturated heterocycles. The molecule has 0 radical (unpaired) electrons. The number of hydrogen-bond acceptors (Lipinski definition) is 4. The lowest BCUT2D eigenvalue weighted by molar-refractivity contribution is -0.188. The van der Waals surface area contributed by atoms with Gasteiger partial charge in [-0.1, -0.05) is 90.9 Å². The zero-order valence-electron chi connectivity index (χ0n) is 19.3. The van der Waals surface area contributed by atoms with Crippen molar-refractivity contribution in [2.45, 2.75) is 129 Å². The average Bonchev–Trinajstić information content (AvgIpc) is 2.71. The Morgan fingerprint density at radius 1 is 0.967 bits per heavy atom. The lowest BCUT2D eigenvalue weighted by atomic mass is 9.86. The van der Waals surface area contributed by atoms with Gasteiger partial charge in [0.15, 0.2) is 0 Å². The minimum atomic E-state index is -1.01. The molecule has 1 N–H and O–H groups in total. The predicted molar refractivity (Wildman–Crippen MR) is 120 cm³/mol. The molecule has 0 bridgehead atoms. The van der Waals surface area contributed by atoms with E-state index in [-0.39, 0.29) is 24.1 Å². The Morgan fingerprint density at radius 2 is 1.53 bits per heavy atom. The van der Waals surface area contributed by atoms with E-state index < -0.39 is 5.97 Å². The highest BCUT2D eigenvalue weighted by Gasteiger charge is 2.42.